The fourth-order valence-electron chi connectivity index (χ4n) is 4.67. The van der Waals surface area contributed by atoms with E-state index in [1.54, 1.807) is 18.2 Å². The Morgan fingerprint density at radius 1 is 1.13 bits per heavy atom. The van der Waals surface area contributed by atoms with Crippen LogP contribution in [0.4, 0.5) is 18.9 Å². The maximum Gasteiger partial charge on any atom is 0.434 e. The van der Waals surface area contributed by atoms with Crippen LogP contribution >= 0.6 is 0 Å². The Kier molecular flexibility index (Phi) is 6.56. The first-order valence-corrected chi connectivity index (χ1v) is 12.0. The van der Waals surface area contributed by atoms with Gasteiger partial charge in [-0.2, -0.15) is 18.3 Å². The topological polar surface area (TPSA) is 80.5 Å². The molecule has 4 aromatic rings. The molecule has 1 N–H and O–H groups in total. The van der Waals surface area contributed by atoms with Gasteiger partial charge >= 0.3 is 12.1 Å². The largest absolute Gasteiger partial charge is 0.488 e. The molecule has 2 aromatic carbocycles. The highest BCUT2D eigenvalue weighted by molar-refractivity contribution is 5.89. The maximum absolute atomic E-state index is 13.7. The summed E-state index contributed by atoms with van der Waals surface area (Å²) in [6, 6.07) is 16.4. The van der Waals surface area contributed by atoms with Crippen molar-refractivity contribution < 1.29 is 27.8 Å². The van der Waals surface area contributed by atoms with E-state index in [2.05, 4.69) is 34.2 Å². The summed E-state index contributed by atoms with van der Waals surface area (Å²) in [7, 11) is 2.07. The summed E-state index contributed by atoms with van der Waals surface area (Å²) in [6.45, 7) is 3.20. The minimum Gasteiger partial charge on any atom is -0.488 e. The van der Waals surface area contributed by atoms with Crippen molar-refractivity contribution >= 4 is 11.7 Å². The SMILES string of the molecule is Cc1ccc(OCc2ccc3c(c2)N(C)CCC3)c(-c2cccc(-n3ncc(C(=O)O)c3C(F)(F)F)n2)c1. The van der Waals surface area contributed by atoms with E-state index in [-0.39, 0.29) is 5.82 Å². The van der Waals surface area contributed by atoms with Gasteiger partial charge in [0.05, 0.1) is 11.9 Å². The molecule has 1 aliphatic rings. The van der Waals surface area contributed by atoms with Crippen LogP contribution in [-0.4, -0.2) is 39.4 Å². The third-order valence-corrected chi connectivity index (χ3v) is 6.53. The molecule has 0 atom stereocenters. The Morgan fingerprint density at radius 3 is 2.71 bits per heavy atom. The number of rotatable bonds is 6. The van der Waals surface area contributed by atoms with Crippen molar-refractivity contribution in [2.75, 3.05) is 18.5 Å². The molecular weight excluding hydrogens is 497 g/mol. The molecule has 0 saturated heterocycles. The van der Waals surface area contributed by atoms with Crippen molar-refractivity contribution in [3.05, 3.63) is 88.7 Å². The normalized spacial score (nSPS) is 13.3. The quantitative estimate of drug-likeness (QED) is 0.339. The van der Waals surface area contributed by atoms with Gasteiger partial charge in [0.15, 0.2) is 11.5 Å². The predicted molar refractivity (Wildman–Crippen MR) is 136 cm³/mol. The number of aryl methyl sites for hydroxylation is 2. The van der Waals surface area contributed by atoms with E-state index in [9.17, 15) is 23.1 Å². The number of anilines is 1. The number of carbonyl (C=O) groups is 1. The number of aromatic nitrogens is 3. The minimum atomic E-state index is -4.94. The fraction of sp³-hybridized carbons (Fsp3) is 0.250. The highest BCUT2D eigenvalue weighted by Crippen LogP contribution is 2.35. The van der Waals surface area contributed by atoms with Gasteiger partial charge in [0.2, 0.25) is 0 Å². The number of aromatic carboxylic acids is 1. The first kappa shape index (κ1) is 25.3. The lowest BCUT2D eigenvalue weighted by molar-refractivity contribution is -0.143. The van der Waals surface area contributed by atoms with E-state index in [4.69, 9.17) is 4.74 Å². The van der Waals surface area contributed by atoms with Crippen molar-refractivity contribution in [3.8, 4) is 22.8 Å². The van der Waals surface area contributed by atoms with Gasteiger partial charge in [0.25, 0.3) is 0 Å². The number of carboxylic acid groups (broad SMARTS) is 1. The van der Waals surface area contributed by atoms with Crippen molar-refractivity contribution in [3.63, 3.8) is 0 Å². The van der Waals surface area contributed by atoms with Gasteiger partial charge < -0.3 is 14.7 Å². The number of benzene rings is 2. The molecule has 0 bridgehead atoms. The van der Waals surface area contributed by atoms with Gasteiger partial charge in [-0.15, -0.1) is 0 Å². The van der Waals surface area contributed by atoms with E-state index in [0.717, 1.165) is 30.5 Å². The molecular formula is C28H25F3N4O3. The van der Waals surface area contributed by atoms with E-state index >= 15 is 0 Å². The fourth-order valence-corrected chi connectivity index (χ4v) is 4.67. The molecule has 2 aromatic heterocycles. The number of nitrogens with zero attached hydrogens (tertiary/aromatic N) is 4. The zero-order valence-corrected chi connectivity index (χ0v) is 20.8. The second kappa shape index (κ2) is 9.85. The second-order valence-electron chi connectivity index (χ2n) is 9.28. The maximum atomic E-state index is 13.7. The molecule has 0 unspecified atom stereocenters. The summed E-state index contributed by atoms with van der Waals surface area (Å²) in [5, 5.41) is 12.9. The van der Waals surface area contributed by atoms with Crippen molar-refractivity contribution in [1.29, 1.82) is 0 Å². The van der Waals surface area contributed by atoms with Gasteiger partial charge in [-0.3, -0.25) is 0 Å². The lowest BCUT2D eigenvalue weighted by Crippen LogP contribution is -2.24. The van der Waals surface area contributed by atoms with Gasteiger partial charge in [-0.25, -0.2) is 14.5 Å². The van der Waals surface area contributed by atoms with Gasteiger partial charge in [-0.05, 0) is 61.2 Å². The van der Waals surface area contributed by atoms with Crippen molar-refractivity contribution in [2.24, 2.45) is 0 Å². The molecule has 38 heavy (non-hydrogen) atoms. The first-order chi connectivity index (χ1) is 18.1. The Bertz CT molecular complexity index is 1510. The Balaban J connectivity index is 1.48. The summed E-state index contributed by atoms with van der Waals surface area (Å²) in [6.07, 6.45) is -2.09. The van der Waals surface area contributed by atoms with Crippen LogP contribution in [0.3, 0.4) is 0 Å². The standard InChI is InChI=1S/C28H25F3N4O3/c1-17-8-11-24(38-16-18-9-10-19-5-4-12-34(2)23(19)14-18)20(13-17)22-6-3-7-25(33-22)35-26(28(29,30)31)21(15-32-35)27(36)37/h3,6-11,13-15H,4-5,12,16H2,1-2H3,(H,36,37). The summed E-state index contributed by atoms with van der Waals surface area (Å²) >= 11 is 0. The van der Waals surface area contributed by atoms with Gasteiger partial charge in [0, 0.05) is 24.8 Å². The minimum absolute atomic E-state index is 0.160. The smallest absolute Gasteiger partial charge is 0.434 e. The zero-order valence-electron chi connectivity index (χ0n) is 20.8. The van der Waals surface area contributed by atoms with E-state index in [1.807, 2.05) is 25.1 Å². The number of hydrogen-bond acceptors (Lipinski definition) is 5. The van der Waals surface area contributed by atoms with Crippen molar-refractivity contribution in [2.45, 2.75) is 32.5 Å². The zero-order chi connectivity index (χ0) is 27.0. The number of halogens is 3. The monoisotopic (exact) mass is 522 g/mol. The highest BCUT2D eigenvalue weighted by atomic mass is 19.4. The van der Waals surface area contributed by atoms with Crippen LogP contribution in [0.5, 0.6) is 5.75 Å². The van der Waals surface area contributed by atoms with E-state index < -0.39 is 23.4 Å². The van der Waals surface area contributed by atoms with E-state index in [1.165, 1.54) is 17.3 Å². The molecule has 0 saturated carbocycles. The van der Waals surface area contributed by atoms with Crippen molar-refractivity contribution in [1.82, 2.24) is 14.8 Å². The summed E-state index contributed by atoms with van der Waals surface area (Å²) < 4.78 is 47.9. The van der Waals surface area contributed by atoms with Crippen LogP contribution < -0.4 is 9.64 Å². The molecule has 196 valence electrons. The molecule has 3 heterocycles. The second-order valence-corrected chi connectivity index (χ2v) is 9.28. The van der Waals surface area contributed by atoms with Gasteiger partial charge in [-0.1, -0.05) is 29.8 Å². The third-order valence-electron chi connectivity index (χ3n) is 6.53. The Labute approximate surface area is 217 Å². The molecule has 0 amide bonds. The molecule has 7 nitrogen and oxygen atoms in total. The number of ether oxygens (including phenoxy) is 1. The molecule has 0 radical (unpaired) electrons. The van der Waals surface area contributed by atoms with Crippen LogP contribution in [0, 0.1) is 6.92 Å². The molecule has 0 spiro atoms. The number of carboxylic acids is 1. The van der Waals surface area contributed by atoms with Crippen LogP contribution in [-0.2, 0) is 19.2 Å². The average Bonchev–Trinajstić information content (AvgIpc) is 3.35. The lowest BCUT2D eigenvalue weighted by Gasteiger charge is -2.28. The Hall–Kier alpha value is -4.34. The predicted octanol–water partition coefficient (Wildman–Crippen LogP) is 5.92. The van der Waals surface area contributed by atoms with Crippen LogP contribution in [0.1, 0.15) is 39.2 Å². The molecule has 1 aliphatic heterocycles. The average molecular weight is 523 g/mol. The molecule has 10 heteroatoms. The molecule has 5 rings (SSSR count). The number of hydrogen-bond donors (Lipinski definition) is 1. The van der Waals surface area contributed by atoms with Crippen LogP contribution in [0.2, 0.25) is 0 Å². The lowest BCUT2D eigenvalue weighted by atomic mass is 10.0. The van der Waals surface area contributed by atoms with Gasteiger partial charge in [0.1, 0.15) is 17.9 Å². The number of pyridine rings is 1. The molecule has 0 aliphatic carbocycles. The van der Waals surface area contributed by atoms with E-state index in [0.29, 0.717) is 34.5 Å². The Morgan fingerprint density at radius 2 is 1.95 bits per heavy atom. The third kappa shape index (κ3) is 4.93. The highest BCUT2D eigenvalue weighted by Gasteiger charge is 2.41. The van der Waals surface area contributed by atoms with Crippen LogP contribution in [0.15, 0.2) is 60.8 Å². The number of alkyl halides is 3. The molecule has 0 fully saturated rings. The summed E-state index contributed by atoms with van der Waals surface area (Å²) in [5.74, 6) is -1.36. The first-order valence-electron chi connectivity index (χ1n) is 12.0. The summed E-state index contributed by atoms with van der Waals surface area (Å²) in [4.78, 5) is 18.0. The summed E-state index contributed by atoms with van der Waals surface area (Å²) in [5.41, 5.74) is 3.04. The number of fused-ring (bicyclic) bond motifs is 1. The van der Waals surface area contributed by atoms with Crippen LogP contribution in [0.25, 0.3) is 17.1 Å².